The van der Waals surface area contributed by atoms with Crippen LogP contribution in [0.5, 0.6) is 0 Å². The third kappa shape index (κ3) is 2.95. The lowest BCUT2D eigenvalue weighted by atomic mass is 9.71. The van der Waals surface area contributed by atoms with Gasteiger partial charge in [-0.2, -0.15) is 0 Å². The van der Waals surface area contributed by atoms with Crippen LogP contribution in [0, 0.1) is 11.3 Å². The lowest BCUT2D eigenvalue weighted by molar-refractivity contribution is -0.148. The summed E-state index contributed by atoms with van der Waals surface area (Å²) < 4.78 is 11.5. The smallest absolute Gasteiger partial charge is 0.311 e. The van der Waals surface area contributed by atoms with Crippen molar-refractivity contribution in [3.8, 4) is 0 Å². The highest BCUT2D eigenvalue weighted by Crippen LogP contribution is 2.53. The van der Waals surface area contributed by atoms with Gasteiger partial charge in [-0.15, -0.1) is 6.58 Å². The van der Waals surface area contributed by atoms with E-state index in [1.807, 2.05) is 36.4 Å². The SMILES string of the molecule is C=CC[C@@]1(C(C)(C)C)C[C@H](C(=O)OC)[C@H](c2ccccc2)O1. The molecule has 0 amide bonds. The molecule has 1 aliphatic heterocycles. The molecule has 0 spiro atoms. The normalized spacial score (nSPS) is 28.4. The summed E-state index contributed by atoms with van der Waals surface area (Å²) in [7, 11) is 1.44. The minimum Gasteiger partial charge on any atom is -0.469 e. The van der Waals surface area contributed by atoms with Crippen molar-refractivity contribution < 1.29 is 14.3 Å². The first-order valence-corrected chi connectivity index (χ1v) is 7.76. The fraction of sp³-hybridized carbons (Fsp3) is 0.526. The van der Waals surface area contributed by atoms with Gasteiger partial charge in [-0.05, 0) is 23.8 Å². The van der Waals surface area contributed by atoms with Crippen molar-refractivity contribution in [1.82, 2.24) is 0 Å². The molecule has 22 heavy (non-hydrogen) atoms. The minimum atomic E-state index is -0.409. The zero-order valence-electron chi connectivity index (χ0n) is 14.0. The molecule has 120 valence electrons. The van der Waals surface area contributed by atoms with E-state index in [-0.39, 0.29) is 23.4 Å². The van der Waals surface area contributed by atoms with E-state index in [2.05, 4.69) is 27.4 Å². The van der Waals surface area contributed by atoms with Gasteiger partial charge >= 0.3 is 5.97 Å². The number of carbonyl (C=O) groups excluding carboxylic acids is 1. The van der Waals surface area contributed by atoms with Crippen molar-refractivity contribution >= 4 is 5.97 Å². The second-order valence-corrected chi connectivity index (χ2v) is 7.02. The van der Waals surface area contributed by atoms with Crippen LogP contribution in [0.1, 0.15) is 45.3 Å². The summed E-state index contributed by atoms with van der Waals surface area (Å²) in [6.07, 6.45) is 2.97. The molecule has 0 radical (unpaired) electrons. The fourth-order valence-electron chi connectivity index (χ4n) is 3.29. The summed E-state index contributed by atoms with van der Waals surface area (Å²) in [5.74, 6) is -0.490. The van der Waals surface area contributed by atoms with Crippen molar-refractivity contribution in [1.29, 1.82) is 0 Å². The second-order valence-electron chi connectivity index (χ2n) is 7.02. The van der Waals surface area contributed by atoms with Crippen LogP contribution in [0.2, 0.25) is 0 Å². The first kappa shape index (κ1) is 16.8. The highest BCUT2D eigenvalue weighted by atomic mass is 16.5. The number of esters is 1. The van der Waals surface area contributed by atoms with Crippen molar-refractivity contribution in [3.05, 3.63) is 48.6 Å². The molecule has 3 heteroatoms. The van der Waals surface area contributed by atoms with Gasteiger partial charge in [0.15, 0.2) is 0 Å². The maximum atomic E-state index is 12.3. The maximum absolute atomic E-state index is 12.3. The minimum absolute atomic E-state index is 0.100. The van der Waals surface area contributed by atoms with E-state index >= 15 is 0 Å². The average molecular weight is 302 g/mol. The van der Waals surface area contributed by atoms with E-state index in [0.29, 0.717) is 12.8 Å². The van der Waals surface area contributed by atoms with Crippen LogP contribution in [0.3, 0.4) is 0 Å². The number of rotatable bonds is 4. The summed E-state index contributed by atoms with van der Waals surface area (Å²) in [4.78, 5) is 12.3. The lowest BCUT2D eigenvalue weighted by Crippen LogP contribution is -2.42. The Bertz CT molecular complexity index is 529. The molecule has 1 aliphatic rings. The molecule has 0 unspecified atom stereocenters. The Morgan fingerprint density at radius 1 is 1.41 bits per heavy atom. The quantitative estimate of drug-likeness (QED) is 0.614. The van der Waals surface area contributed by atoms with E-state index in [9.17, 15) is 4.79 Å². The Morgan fingerprint density at radius 2 is 2.05 bits per heavy atom. The van der Waals surface area contributed by atoms with Gasteiger partial charge in [-0.3, -0.25) is 4.79 Å². The Kier molecular flexibility index (Phi) is 4.76. The summed E-state index contributed by atoms with van der Waals surface area (Å²) in [6.45, 7) is 10.3. The molecule has 2 rings (SSSR count). The third-order valence-electron chi connectivity index (χ3n) is 4.74. The van der Waals surface area contributed by atoms with E-state index < -0.39 is 5.60 Å². The highest BCUT2D eigenvalue weighted by Gasteiger charge is 2.55. The molecular formula is C19H26O3. The van der Waals surface area contributed by atoms with Crippen LogP contribution >= 0.6 is 0 Å². The van der Waals surface area contributed by atoms with E-state index in [4.69, 9.17) is 9.47 Å². The van der Waals surface area contributed by atoms with Crippen LogP contribution in [0.4, 0.5) is 0 Å². The average Bonchev–Trinajstić information content (AvgIpc) is 2.88. The standard InChI is InChI=1S/C19H26O3/c1-6-12-19(18(2,3)4)13-15(17(20)21-5)16(22-19)14-10-8-7-9-11-14/h6-11,15-16H,1,12-13H2,2-5H3/t15-,16-,19-/m0/s1. The predicted octanol–water partition coefficient (Wildman–Crippen LogP) is 4.30. The molecule has 1 heterocycles. The van der Waals surface area contributed by atoms with Gasteiger partial charge in [0.2, 0.25) is 0 Å². The molecule has 0 bridgehead atoms. The van der Waals surface area contributed by atoms with E-state index in [0.717, 1.165) is 5.56 Å². The van der Waals surface area contributed by atoms with Crippen molar-refractivity contribution in [3.63, 3.8) is 0 Å². The Balaban J connectivity index is 2.43. The van der Waals surface area contributed by atoms with Crippen LogP contribution < -0.4 is 0 Å². The van der Waals surface area contributed by atoms with Crippen LogP contribution in [0.25, 0.3) is 0 Å². The van der Waals surface area contributed by atoms with Gasteiger partial charge < -0.3 is 9.47 Å². The number of methoxy groups -OCH3 is 1. The zero-order chi connectivity index (χ0) is 16.4. The van der Waals surface area contributed by atoms with Gasteiger partial charge in [0, 0.05) is 0 Å². The molecular weight excluding hydrogens is 276 g/mol. The molecule has 1 aromatic carbocycles. The summed E-state index contributed by atoms with van der Waals surface area (Å²) >= 11 is 0. The summed E-state index contributed by atoms with van der Waals surface area (Å²) in [5, 5.41) is 0. The monoisotopic (exact) mass is 302 g/mol. The predicted molar refractivity (Wildman–Crippen MR) is 87.4 cm³/mol. The van der Waals surface area contributed by atoms with E-state index in [1.165, 1.54) is 7.11 Å². The molecule has 0 aliphatic carbocycles. The number of carbonyl (C=O) groups is 1. The van der Waals surface area contributed by atoms with Crippen LogP contribution in [-0.4, -0.2) is 18.7 Å². The summed E-state index contributed by atoms with van der Waals surface area (Å²) in [5.41, 5.74) is 0.513. The molecule has 0 aromatic heterocycles. The maximum Gasteiger partial charge on any atom is 0.311 e. The number of benzene rings is 1. The van der Waals surface area contributed by atoms with E-state index in [1.54, 1.807) is 0 Å². The number of hydrogen-bond acceptors (Lipinski definition) is 3. The molecule has 3 nitrogen and oxygen atoms in total. The van der Waals surface area contributed by atoms with Crippen LogP contribution in [0.15, 0.2) is 43.0 Å². The molecule has 3 atom stereocenters. The molecule has 0 N–H and O–H groups in total. The number of hydrogen-bond donors (Lipinski definition) is 0. The first-order valence-electron chi connectivity index (χ1n) is 7.76. The number of ether oxygens (including phenoxy) is 2. The molecule has 1 fully saturated rings. The van der Waals surface area contributed by atoms with Gasteiger partial charge in [0.05, 0.1) is 24.7 Å². The van der Waals surface area contributed by atoms with Gasteiger partial charge in [0.25, 0.3) is 0 Å². The van der Waals surface area contributed by atoms with Gasteiger partial charge in [-0.25, -0.2) is 0 Å². The summed E-state index contributed by atoms with van der Waals surface area (Å²) in [6, 6.07) is 9.92. The Hall–Kier alpha value is -1.61. The molecule has 1 aromatic rings. The Morgan fingerprint density at radius 3 is 2.55 bits per heavy atom. The van der Waals surface area contributed by atoms with Crippen molar-refractivity contribution in [2.75, 3.05) is 7.11 Å². The highest BCUT2D eigenvalue weighted by molar-refractivity contribution is 5.74. The lowest BCUT2D eigenvalue weighted by Gasteiger charge is -2.41. The van der Waals surface area contributed by atoms with Crippen molar-refractivity contribution in [2.45, 2.75) is 45.3 Å². The molecule has 1 saturated heterocycles. The van der Waals surface area contributed by atoms with Gasteiger partial charge in [0.1, 0.15) is 0 Å². The third-order valence-corrected chi connectivity index (χ3v) is 4.74. The van der Waals surface area contributed by atoms with Gasteiger partial charge in [-0.1, -0.05) is 57.2 Å². The zero-order valence-corrected chi connectivity index (χ0v) is 14.0. The van der Waals surface area contributed by atoms with Crippen LogP contribution in [-0.2, 0) is 14.3 Å². The molecule has 0 saturated carbocycles. The fourth-order valence-corrected chi connectivity index (χ4v) is 3.29. The first-order chi connectivity index (χ1) is 10.3. The largest absolute Gasteiger partial charge is 0.469 e. The van der Waals surface area contributed by atoms with Crippen molar-refractivity contribution in [2.24, 2.45) is 11.3 Å². The second kappa shape index (κ2) is 6.25. The Labute approximate surface area is 133 Å². The topological polar surface area (TPSA) is 35.5 Å².